The van der Waals surface area contributed by atoms with E-state index in [0.29, 0.717) is 31.5 Å². The molecule has 1 aromatic carbocycles. The number of nitrogens with one attached hydrogen (secondary N) is 1. The van der Waals surface area contributed by atoms with Crippen LogP contribution in [0.15, 0.2) is 18.2 Å². The van der Waals surface area contributed by atoms with Gasteiger partial charge >= 0.3 is 12.3 Å². The third-order valence-corrected chi connectivity index (χ3v) is 4.49. The van der Waals surface area contributed by atoms with Gasteiger partial charge in [-0.25, -0.2) is 9.18 Å². The number of amides is 1. The second-order valence-electron chi connectivity index (χ2n) is 5.88. The highest BCUT2D eigenvalue weighted by Gasteiger charge is 2.56. The van der Waals surface area contributed by atoms with Crippen LogP contribution in [0.5, 0.6) is 0 Å². The van der Waals surface area contributed by atoms with Crippen LogP contribution in [0, 0.1) is 5.82 Å². The molecule has 0 unspecified atom stereocenters. The van der Waals surface area contributed by atoms with E-state index in [9.17, 15) is 22.4 Å². The number of methoxy groups -OCH3 is 1. The number of carbonyl (C=O) groups excluding carboxylic acids is 1. The normalized spacial score (nSPS) is 19.9. The summed E-state index contributed by atoms with van der Waals surface area (Å²) in [7, 11) is 1.24. The van der Waals surface area contributed by atoms with Gasteiger partial charge in [-0.3, -0.25) is 4.90 Å². The average Bonchev–Trinajstić information content (AvgIpc) is 3.22. The van der Waals surface area contributed by atoms with Crippen LogP contribution in [0.4, 0.5) is 22.4 Å². The van der Waals surface area contributed by atoms with E-state index in [1.54, 1.807) is 0 Å². The van der Waals surface area contributed by atoms with Crippen molar-refractivity contribution >= 4 is 6.09 Å². The first-order valence-corrected chi connectivity index (χ1v) is 7.25. The number of alkyl halides is 3. The standard InChI is InChI=1S/C15H16F4N2O2/c1-23-13(22)21(10-7-20-8-10)14(4-5-14)9-2-3-12(16)11(6-9)15(17,18)19/h2-3,6,10,20H,4-5,7-8H2,1H3. The number of benzene rings is 1. The predicted molar refractivity (Wildman–Crippen MR) is 73.2 cm³/mol. The van der Waals surface area contributed by atoms with E-state index in [-0.39, 0.29) is 6.04 Å². The van der Waals surface area contributed by atoms with Crippen LogP contribution in [-0.2, 0) is 16.5 Å². The van der Waals surface area contributed by atoms with E-state index >= 15 is 0 Å². The van der Waals surface area contributed by atoms with E-state index in [2.05, 4.69) is 5.32 Å². The van der Waals surface area contributed by atoms with Crippen LogP contribution in [0.3, 0.4) is 0 Å². The highest BCUT2D eigenvalue weighted by molar-refractivity contribution is 5.70. The van der Waals surface area contributed by atoms with Crippen LogP contribution in [-0.4, -0.2) is 37.2 Å². The first-order chi connectivity index (χ1) is 10.8. The molecule has 8 heteroatoms. The Labute approximate surface area is 130 Å². The van der Waals surface area contributed by atoms with E-state index in [1.807, 2.05) is 0 Å². The van der Waals surface area contributed by atoms with Crippen molar-refractivity contribution in [2.24, 2.45) is 0 Å². The lowest BCUT2D eigenvalue weighted by molar-refractivity contribution is -0.140. The van der Waals surface area contributed by atoms with Crippen molar-refractivity contribution in [1.29, 1.82) is 0 Å². The second-order valence-corrected chi connectivity index (χ2v) is 5.88. The van der Waals surface area contributed by atoms with Crippen molar-refractivity contribution in [3.8, 4) is 0 Å². The molecule has 2 aliphatic rings. The molecule has 126 valence electrons. The fourth-order valence-corrected chi connectivity index (χ4v) is 3.05. The molecule has 1 saturated carbocycles. The Kier molecular flexibility index (Phi) is 3.74. The third kappa shape index (κ3) is 2.65. The fraction of sp³-hybridized carbons (Fsp3) is 0.533. The van der Waals surface area contributed by atoms with Crippen LogP contribution in [0.25, 0.3) is 0 Å². The lowest BCUT2D eigenvalue weighted by atomic mass is 9.97. The molecule has 0 spiro atoms. The van der Waals surface area contributed by atoms with Crippen LogP contribution >= 0.6 is 0 Å². The molecule has 0 aromatic heterocycles. The Balaban J connectivity index is 2.00. The third-order valence-electron chi connectivity index (χ3n) is 4.49. The van der Waals surface area contributed by atoms with Gasteiger partial charge < -0.3 is 10.1 Å². The summed E-state index contributed by atoms with van der Waals surface area (Å²) < 4.78 is 57.1. The summed E-state index contributed by atoms with van der Waals surface area (Å²) >= 11 is 0. The highest BCUT2D eigenvalue weighted by atomic mass is 19.4. The van der Waals surface area contributed by atoms with Crippen molar-refractivity contribution in [1.82, 2.24) is 10.2 Å². The molecule has 3 rings (SSSR count). The zero-order valence-electron chi connectivity index (χ0n) is 12.4. The van der Waals surface area contributed by atoms with E-state index in [0.717, 1.165) is 12.1 Å². The van der Waals surface area contributed by atoms with Gasteiger partial charge in [0.05, 0.1) is 24.3 Å². The molecule has 1 N–H and O–H groups in total. The summed E-state index contributed by atoms with van der Waals surface area (Å²) in [6.07, 6.45) is -4.29. The first kappa shape index (κ1) is 16.0. The van der Waals surface area contributed by atoms with Crippen molar-refractivity contribution < 1.29 is 27.1 Å². The Bertz CT molecular complexity index is 624. The smallest absolute Gasteiger partial charge is 0.419 e. The molecule has 1 amide bonds. The van der Waals surface area contributed by atoms with Gasteiger partial charge in [-0.1, -0.05) is 6.07 Å². The van der Waals surface area contributed by atoms with Gasteiger partial charge in [0.25, 0.3) is 0 Å². The first-order valence-electron chi connectivity index (χ1n) is 7.25. The number of carbonyl (C=O) groups is 1. The average molecular weight is 332 g/mol. The quantitative estimate of drug-likeness (QED) is 0.866. The van der Waals surface area contributed by atoms with Crippen molar-refractivity contribution in [3.63, 3.8) is 0 Å². The van der Waals surface area contributed by atoms with Crippen LogP contribution in [0.1, 0.15) is 24.0 Å². The molecule has 1 saturated heterocycles. The lowest BCUT2D eigenvalue weighted by Crippen LogP contribution is -2.61. The molecular weight excluding hydrogens is 316 g/mol. The highest BCUT2D eigenvalue weighted by Crippen LogP contribution is 2.53. The minimum absolute atomic E-state index is 0.135. The topological polar surface area (TPSA) is 41.6 Å². The summed E-state index contributed by atoms with van der Waals surface area (Å²) in [4.78, 5) is 13.6. The van der Waals surface area contributed by atoms with Gasteiger partial charge in [-0.05, 0) is 30.5 Å². The second kappa shape index (κ2) is 5.36. The van der Waals surface area contributed by atoms with Gasteiger partial charge in [-0.15, -0.1) is 0 Å². The van der Waals surface area contributed by atoms with Crippen LogP contribution < -0.4 is 5.32 Å². The summed E-state index contributed by atoms with van der Waals surface area (Å²) in [5, 5.41) is 3.03. The minimum Gasteiger partial charge on any atom is -0.453 e. The number of rotatable bonds is 3. The Morgan fingerprint density at radius 3 is 2.43 bits per heavy atom. The molecule has 0 radical (unpaired) electrons. The number of nitrogens with zero attached hydrogens (tertiary/aromatic N) is 1. The van der Waals surface area contributed by atoms with Crippen LogP contribution in [0.2, 0.25) is 0 Å². The Morgan fingerprint density at radius 1 is 1.35 bits per heavy atom. The minimum atomic E-state index is -4.77. The SMILES string of the molecule is COC(=O)N(C1CNC1)C1(c2ccc(F)c(C(F)(F)F)c2)CC1. The van der Waals surface area contributed by atoms with Gasteiger partial charge in [0.15, 0.2) is 0 Å². The molecule has 1 aliphatic heterocycles. The predicted octanol–water partition coefficient (Wildman–Crippen LogP) is 2.87. The molecule has 1 aliphatic carbocycles. The number of hydrogen-bond donors (Lipinski definition) is 1. The zero-order chi connectivity index (χ0) is 16.8. The fourth-order valence-electron chi connectivity index (χ4n) is 3.05. The Hall–Kier alpha value is -1.83. The monoisotopic (exact) mass is 332 g/mol. The summed E-state index contributed by atoms with van der Waals surface area (Å²) in [6, 6.07) is 2.81. The lowest BCUT2D eigenvalue weighted by Gasteiger charge is -2.42. The van der Waals surface area contributed by atoms with E-state index < -0.39 is 29.2 Å². The molecule has 4 nitrogen and oxygen atoms in total. The molecule has 2 fully saturated rings. The van der Waals surface area contributed by atoms with Crippen molar-refractivity contribution in [3.05, 3.63) is 35.1 Å². The van der Waals surface area contributed by atoms with Gasteiger partial charge in [0, 0.05) is 13.1 Å². The summed E-state index contributed by atoms with van der Waals surface area (Å²) in [5.74, 6) is -1.31. The summed E-state index contributed by atoms with van der Waals surface area (Å²) in [5.41, 5.74) is -1.85. The van der Waals surface area contributed by atoms with Crippen molar-refractivity contribution in [2.45, 2.75) is 30.6 Å². The van der Waals surface area contributed by atoms with Gasteiger partial charge in [0.1, 0.15) is 5.82 Å². The van der Waals surface area contributed by atoms with E-state index in [4.69, 9.17) is 4.74 Å². The van der Waals surface area contributed by atoms with Gasteiger partial charge in [-0.2, -0.15) is 13.2 Å². The molecule has 0 bridgehead atoms. The largest absolute Gasteiger partial charge is 0.453 e. The molecule has 0 atom stereocenters. The Morgan fingerprint density at radius 2 is 2.00 bits per heavy atom. The van der Waals surface area contributed by atoms with Gasteiger partial charge in [0.2, 0.25) is 0 Å². The number of ether oxygens (including phenoxy) is 1. The zero-order valence-corrected chi connectivity index (χ0v) is 12.4. The maximum Gasteiger partial charge on any atom is 0.419 e. The number of hydrogen-bond acceptors (Lipinski definition) is 3. The molecule has 23 heavy (non-hydrogen) atoms. The van der Waals surface area contributed by atoms with E-state index in [1.165, 1.54) is 18.1 Å². The van der Waals surface area contributed by atoms with Crippen molar-refractivity contribution in [2.75, 3.05) is 20.2 Å². The maximum absolute atomic E-state index is 13.5. The maximum atomic E-state index is 13.5. The molecular formula is C15H16F4N2O2. The summed E-state index contributed by atoms with van der Waals surface area (Å²) in [6.45, 7) is 1.12. The number of halogens is 4. The molecule has 1 heterocycles. The molecule has 1 aromatic rings.